The first-order valence-corrected chi connectivity index (χ1v) is 8.42. The maximum atomic E-state index is 5.61. The minimum atomic E-state index is 0.579. The smallest absolute Gasteiger partial charge is 0.0544 e. The van der Waals surface area contributed by atoms with Crippen molar-refractivity contribution >= 4 is 0 Å². The van der Waals surface area contributed by atoms with Crippen LogP contribution in [0.25, 0.3) is 0 Å². The van der Waals surface area contributed by atoms with Crippen LogP contribution in [0.5, 0.6) is 0 Å². The zero-order valence-corrected chi connectivity index (χ0v) is 13.0. The van der Waals surface area contributed by atoms with E-state index in [1.165, 1.54) is 64.1 Å². The molecule has 116 valence electrons. The van der Waals surface area contributed by atoms with Gasteiger partial charge < -0.3 is 10.6 Å². The minimum Gasteiger partial charge on any atom is -0.326 e. The topological polar surface area (TPSA) is 45.4 Å². The van der Waals surface area contributed by atoms with Crippen molar-refractivity contribution in [2.24, 2.45) is 11.7 Å². The van der Waals surface area contributed by atoms with Crippen molar-refractivity contribution in [1.29, 1.82) is 0 Å². The third-order valence-corrected chi connectivity index (χ3v) is 4.93. The van der Waals surface area contributed by atoms with Gasteiger partial charge in [-0.1, -0.05) is 6.07 Å². The van der Waals surface area contributed by atoms with E-state index in [-0.39, 0.29) is 0 Å². The van der Waals surface area contributed by atoms with Crippen LogP contribution in [-0.2, 0) is 13.1 Å². The van der Waals surface area contributed by atoms with Crippen molar-refractivity contribution in [1.82, 2.24) is 14.8 Å². The average molecular weight is 288 g/mol. The molecule has 3 rings (SSSR count). The van der Waals surface area contributed by atoms with Crippen LogP contribution in [0.15, 0.2) is 18.3 Å². The Labute approximate surface area is 128 Å². The summed E-state index contributed by atoms with van der Waals surface area (Å²) in [7, 11) is 0. The van der Waals surface area contributed by atoms with Gasteiger partial charge in [-0.05, 0) is 69.4 Å². The highest BCUT2D eigenvalue weighted by Crippen LogP contribution is 2.21. The van der Waals surface area contributed by atoms with E-state index in [9.17, 15) is 0 Å². The molecular weight excluding hydrogens is 260 g/mol. The standard InChI is InChI=1S/C17H28N4/c18-11-16-3-4-17(19-12-16)14-21-9-5-15(6-10-21)13-20-7-1-2-8-20/h3-4,12,15H,1-2,5-11,13-14,18H2. The van der Waals surface area contributed by atoms with Crippen molar-refractivity contribution in [3.63, 3.8) is 0 Å². The molecule has 0 aromatic carbocycles. The highest BCUT2D eigenvalue weighted by molar-refractivity contribution is 5.13. The third-order valence-electron chi connectivity index (χ3n) is 4.93. The van der Waals surface area contributed by atoms with Crippen molar-refractivity contribution in [3.8, 4) is 0 Å². The maximum absolute atomic E-state index is 5.61. The van der Waals surface area contributed by atoms with Gasteiger partial charge in [0.1, 0.15) is 0 Å². The quantitative estimate of drug-likeness (QED) is 0.898. The Morgan fingerprint density at radius 1 is 1.05 bits per heavy atom. The molecule has 21 heavy (non-hydrogen) atoms. The second-order valence-electron chi connectivity index (χ2n) is 6.59. The summed E-state index contributed by atoms with van der Waals surface area (Å²) in [5, 5.41) is 0. The zero-order valence-electron chi connectivity index (χ0n) is 13.0. The molecule has 2 N–H and O–H groups in total. The van der Waals surface area contributed by atoms with Gasteiger partial charge >= 0.3 is 0 Å². The molecule has 3 heterocycles. The molecule has 4 nitrogen and oxygen atoms in total. The van der Waals surface area contributed by atoms with Crippen molar-refractivity contribution in [2.45, 2.75) is 38.8 Å². The molecule has 1 aromatic heterocycles. The molecule has 2 fully saturated rings. The van der Waals surface area contributed by atoms with Crippen LogP contribution in [0.1, 0.15) is 36.9 Å². The second kappa shape index (κ2) is 7.34. The number of rotatable bonds is 5. The van der Waals surface area contributed by atoms with E-state index in [0.29, 0.717) is 6.54 Å². The van der Waals surface area contributed by atoms with Crippen molar-refractivity contribution < 1.29 is 0 Å². The zero-order chi connectivity index (χ0) is 14.5. The molecule has 2 aliphatic heterocycles. The Bertz CT molecular complexity index is 417. The van der Waals surface area contributed by atoms with Crippen LogP contribution >= 0.6 is 0 Å². The van der Waals surface area contributed by atoms with E-state index in [1.807, 2.05) is 6.20 Å². The van der Waals surface area contributed by atoms with E-state index in [0.717, 1.165) is 18.0 Å². The molecule has 0 unspecified atom stereocenters. The van der Waals surface area contributed by atoms with E-state index < -0.39 is 0 Å². The van der Waals surface area contributed by atoms with Crippen LogP contribution in [0.4, 0.5) is 0 Å². The highest BCUT2D eigenvalue weighted by Gasteiger charge is 2.22. The lowest BCUT2D eigenvalue weighted by atomic mass is 9.96. The van der Waals surface area contributed by atoms with Gasteiger partial charge in [-0.3, -0.25) is 9.88 Å². The average Bonchev–Trinajstić information content (AvgIpc) is 3.03. The predicted molar refractivity (Wildman–Crippen MR) is 85.8 cm³/mol. The Kier molecular flexibility index (Phi) is 5.22. The summed E-state index contributed by atoms with van der Waals surface area (Å²) in [4.78, 5) is 9.72. The van der Waals surface area contributed by atoms with Crippen LogP contribution in [-0.4, -0.2) is 47.5 Å². The lowest BCUT2D eigenvalue weighted by molar-refractivity contribution is 0.147. The van der Waals surface area contributed by atoms with Crippen LogP contribution < -0.4 is 5.73 Å². The monoisotopic (exact) mass is 288 g/mol. The van der Waals surface area contributed by atoms with E-state index in [1.54, 1.807) is 0 Å². The largest absolute Gasteiger partial charge is 0.326 e. The number of piperidine rings is 1. The first-order valence-electron chi connectivity index (χ1n) is 8.42. The lowest BCUT2D eigenvalue weighted by Gasteiger charge is -2.33. The molecule has 0 aliphatic carbocycles. The summed E-state index contributed by atoms with van der Waals surface area (Å²) in [5.74, 6) is 0.909. The summed E-state index contributed by atoms with van der Waals surface area (Å²) >= 11 is 0. The molecular formula is C17H28N4. The van der Waals surface area contributed by atoms with E-state index >= 15 is 0 Å². The number of nitrogens with zero attached hydrogens (tertiary/aromatic N) is 3. The van der Waals surface area contributed by atoms with E-state index in [2.05, 4.69) is 26.9 Å². The van der Waals surface area contributed by atoms with Gasteiger partial charge in [-0.15, -0.1) is 0 Å². The van der Waals surface area contributed by atoms with Crippen LogP contribution in [0.2, 0.25) is 0 Å². The van der Waals surface area contributed by atoms with Gasteiger partial charge in [0.15, 0.2) is 0 Å². The number of aromatic nitrogens is 1. The van der Waals surface area contributed by atoms with Gasteiger partial charge in [0, 0.05) is 25.8 Å². The fraction of sp³-hybridized carbons (Fsp3) is 0.706. The predicted octanol–water partition coefficient (Wildman–Crippen LogP) is 1.85. The van der Waals surface area contributed by atoms with E-state index in [4.69, 9.17) is 5.73 Å². The third kappa shape index (κ3) is 4.25. The van der Waals surface area contributed by atoms with Gasteiger partial charge in [-0.25, -0.2) is 0 Å². The Balaban J connectivity index is 1.42. The summed E-state index contributed by atoms with van der Waals surface area (Å²) in [6, 6.07) is 4.22. The normalized spacial score (nSPS) is 22.0. The molecule has 0 amide bonds. The molecule has 2 saturated heterocycles. The number of pyridine rings is 1. The Morgan fingerprint density at radius 2 is 1.81 bits per heavy atom. The number of hydrogen-bond acceptors (Lipinski definition) is 4. The minimum absolute atomic E-state index is 0.579. The SMILES string of the molecule is NCc1ccc(CN2CCC(CN3CCCC3)CC2)nc1. The molecule has 2 aliphatic rings. The molecule has 0 saturated carbocycles. The Hall–Kier alpha value is -0.970. The fourth-order valence-corrected chi connectivity index (χ4v) is 3.56. The number of nitrogens with two attached hydrogens (primary N) is 1. The lowest BCUT2D eigenvalue weighted by Crippen LogP contribution is -2.37. The molecule has 0 spiro atoms. The Morgan fingerprint density at radius 3 is 2.43 bits per heavy atom. The first-order chi connectivity index (χ1) is 10.3. The van der Waals surface area contributed by atoms with Crippen LogP contribution in [0, 0.1) is 5.92 Å². The highest BCUT2D eigenvalue weighted by atomic mass is 15.2. The first kappa shape index (κ1) is 14.9. The molecule has 0 atom stereocenters. The van der Waals surface area contributed by atoms with Gasteiger partial charge in [0.2, 0.25) is 0 Å². The summed E-state index contributed by atoms with van der Waals surface area (Å²) < 4.78 is 0. The van der Waals surface area contributed by atoms with Gasteiger partial charge in [0.05, 0.1) is 5.69 Å². The number of hydrogen-bond donors (Lipinski definition) is 1. The van der Waals surface area contributed by atoms with Crippen LogP contribution in [0.3, 0.4) is 0 Å². The maximum Gasteiger partial charge on any atom is 0.0544 e. The molecule has 0 bridgehead atoms. The summed E-state index contributed by atoms with van der Waals surface area (Å²) in [5.41, 5.74) is 7.90. The second-order valence-corrected chi connectivity index (χ2v) is 6.59. The molecule has 1 aromatic rings. The fourth-order valence-electron chi connectivity index (χ4n) is 3.56. The number of likely N-dealkylation sites (tertiary alicyclic amines) is 2. The molecule has 4 heteroatoms. The summed E-state index contributed by atoms with van der Waals surface area (Å²) in [6.07, 6.45) is 7.41. The van der Waals surface area contributed by atoms with Crippen molar-refractivity contribution in [2.75, 3.05) is 32.7 Å². The van der Waals surface area contributed by atoms with Gasteiger partial charge in [-0.2, -0.15) is 0 Å². The molecule has 0 radical (unpaired) electrons. The van der Waals surface area contributed by atoms with Gasteiger partial charge in [0.25, 0.3) is 0 Å². The van der Waals surface area contributed by atoms with Crippen molar-refractivity contribution in [3.05, 3.63) is 29.6 Å². The summed E-state index contributed by atoms with van der Waals surface area (Å²) in [6.45, 7) is 8.00.